The van der Waals surface area contributed by atoms with Gasteiger partial charge in [0.1, 0.15) is 5.69 Å². The highest BCUT2D eigenvalue weighted by Crippen LogP contribution is 2.32. The number of nitrogens with zero attached hydrogens (tertiary/aromatic N) is 2. The SMILES string of the molecule is COCCNC(=O)CCN(C(=O)c1csc(Nc2cccc(C(F)(F)F)c2)n1)C1CC1. The van der Waals surface area contributed by atoms with Crippen molar-refractivity contribution in [2.24, 2.45) is 0 Å². The number of halogens is 3. The van der Waals surface area contributed by atoms with Crippen LogP contribution < -0.4 is 10.6 Å². The molecule has 1 aliphatic carbocycles. The van der Waals surface area contributed by atoms with E-state index in [9.17, 15) is 22.8 Å². The molecule has 1 aromatic carbocycles. The number of hydrogen-bond acceptors (Lipinski definition) is 6. The molecule has 1 saturated carbocycles. The number of alkyl halides is 3. The normalized spacial score (nSPS) is 13.7. The number of aromatic nitrogens is 1. The van der Waals surface area contributed by atoms with Gasteiger partial charge in [-0.15, -0.1) is 11.3 Å². The van der Waals surface area contributed by atoms with E-state index in [2.05, 4.69) is 15.6 Å². The van der Waals surface area contributed by atoms with Gasteiger partial charge in [0.15, 0.2) is 5.13 Å². The second kappa shape index (κ2) is 10.1. The Hall–Kier alpha value is -2.66. The third-order valence-electron chi connectivity index (χ3n) is 4.62. The van der Waals surface area contributed by atoms with Crippen molar-refractivity contribution in [2.45, 2.75) is 31.5 Å². The maximum absolute atomic E-state index is 12.9. The quantitative estimate of drug-likeness (QED) is 0.533. The first-order valence-electron chi connectivity index (χ1n) is 9.74. The molecule has 31 heavy (non-hydrogen) atoms. The summed E-state index contributed by atoms with van der Waals surface area (Å²) in [6.45, 7) is 1.09. The van der Waals surface area contributed by atoms with Crippen molar-refractivity contribution in [2.75, 3.05) is 32.1 Å². The van der Waals surface area contributed by atoms with Crippen LogP contribution in [0.3, 0.4) is 0 Å². The summed E-state index contributed by atoms with van der Waals surface area (Å²) in [6.07, 6.45) is -2.53. The van der Waals surface area contributed by atoms with E-state index >= 15 is 0 Å². The molecule has 1 aliphatic rings. The van der Waals surface area contributed by atoms with Crippen molar-refractivity contribution < 1.29 is 27.5 Å². The maximum atomic E-state index is 12.9. The summed E-state index contributed by atoms with van der Waals surface area (Å²) in [5.41, 5.74) is -0.338. The van der Waals surface area contributed by atoms with Crippen LogP contribution in [0.4, 0.5) is 24.0 Å². The number of amides is 2. The predicted molar refractivity (Wildman–Crippen MR) is 110 cm³/mol. The summed E-state index contributed by atoms with van der Waals surface area (Å²) in [7, 11) is 1.55. The highest BCUT2D eigenvalue weighted by atomic mass is 32.1. The lowest BCUT2D eigenvalue weighted by atomic mass is 10.2. The monoisotopic (exact) mass is 456 g/mol. The number of ether oxygens (including phenoxy) is 1. The lowest BCUT2D eigenvalue weighted by molar-refractivity contribution is -0.137. The van der Waals surface area contributed by atoms with Gasteiger partial charge < -0.3 is 20.3 Å². The number of benzene rings is 1. The number of methoxy groups -OCH3 is 1. The Morgan fingerprint density at radius 3 is 2.77 bits per heavy atom. The fraction of sp³-hybridized carbons (Fsp3) is 0.450. The molecule has 3 rings (SSSR count). The number of hydrogen-bond donors (Lipinski definition) is 2. The second-order valence-electron chi connectivity index (χ2n) is 7.06. The zero-order valence-electron chi connectivity index (χ0n) is 16.9. The molecular formula is C20H23F3N4O3S. The van der Waals surface area contributed by atoms with E-state index in [1.807, 2.05) is 0 Å². The minimum Gasteiger partial charge on any atom is -0.383 e. The number of anilines is 2. The van der Waals surface area contributed by atoms with Crippen LogP contribution >= 0.6 is 11.3 Å². The van der Waals surface area contributed by atoms with Crippen molar-refractivity contribution in [3.05, 3.63) is 40.9 Å². The molecule has 2 aromatic rings. The average molecular weight is 456 g/mol. The lowest BCUT2D eigenvalue weighted by Crippen LogP contribution is -2.37. The van der Waals surface area contributed by atoms with E-state index < -0.39 is 11.7 Å². The lowest BCUT2D eigenvalue weighted by Gasteiger charge is -2.21. The van der Waals surface area contributed by atoms with E-state index in [4.69, 9.17) is 4.74 Å². The first-order chi connectivity index (χ1) is 14.8. The Morgan fingerprint density at radius 2 is 2.10 bits per heavy atom. The van der Waals surface area contributed by atoms with E-state index in [0.717, 1.165) is 36.3 Å². The summed E-state index contributed by atoms with van der Waals surface area (Å²) in [5.74, 6) is -0.457. The summed E-state index contributed by atoms with van der Waals surface area (Å²) in [4.78, 5) is 30.7. The minimum absolute atomic E-state index is 0.0841. The Labute approximate surface area is 181 Å². The molecule has 0 bridgehead atoms. The van der Waals surface area contributed by atoms with Gasteiger partial charge in [-0.25, -0.2) is 4.98 Å². The molecule has 0 spiro atoms. The molecule has 1 aromatic heterocycles. The van der Waals surface area contributed by atoms with E-state index in [1.165, 1.54) is 12.1 Å². The highest BCUT2D eigenvalue weighted by Gasteiger charge is 2.34. The number of nitrogens with one attached hydrogen (secondary N) is 2. The van der Waals surface area contributed by atoms with Gasteiger partial charge in [0, 0.05) is 43.7 Å². The third kappa shape index (κ3) is 6.66. The standard InChI is InChI=1S/C20H23F3N4O3S/c1-30-10-8-24-17(28)7-9-27(15-5-6-15)18(29)16-12-31-19(26-16)25-14-4-2-3-13(11-14)20(21,22)23/h2-4,11-12,15H,5-10H2,1H3,(H,24,28)(H,25,26). The van der Waals surface area contributed by atoms with Gasteiger partial charge in [0.25, 0.3) is 5.91 Å². The fourth-order valence-corrected chi connectivity index (χ4v) is 3.62. The van der Waals surface area contributed by atoms with Crippen molar-refractivity contribution in [3.63, 3.8) is 0 Å². The number of thiazole rings is 1. The van der Waals surface area contributed by atoms with Crippen LogP contribution in [0.2, 0.25) is 0 Å². The van der Waals surface area contributed by atoms with Gasteiger partial charge in [0.2, 0.25) is 5.91 Å². The largest absolute Gasteiger partial charge is 0.416 e. The molecular weight excluding hydrogens is 433 g/mol. The number of carbonyl (C=O) groups excluding carboxylic acids is 2. The first kappa shape index (κ1) is 23.0. The van der Waals surface area contributed by atoms with Gasteiger partial charge in [-0.2, -0.15) is 13.2 Å². The van der Waals surface area contributed by atoms with Crippen molar-refractivity contribution in [3.8, 4) is 0 Å². The molecule has 11 heteroatoms. The Balaban J connectivity index is 1.61. The molecule has 2 N–H and O–H groups in total. The van der Waals surface area contributed by atoms with Crippen molar-refractivity contribution in [1.29, 1.82) is 0 Å². The maximum Gasteiger partial charge on any atom is 0.416 e. The zero-order valence-corrected chi connectivity index (χ0v) is 17.7. The first-order valence-corrected chi connectivity index (χ1v) is 10.6. The van der Waals surface area contributed by atoms with E-state index in [-0.39, 0.29) is 42.2 Å². The summed E-state index contributed by atoms with van der Waals surface area (Å²) in [6, 6.07) is 4.86. The zero-order chi connectivity index (χ0) is 22.4. The van der Waals surface area contributed by atoms with Crippen LogP contribution in [-0.4, -0.2) is 54.5 Å². The number of rotatable bonds is 10. The average Bonchev–Trinajstić information content (AvgIpc) is 3.45. The Kier molecular flexibility index (Phi) is 7.50. The second-order valence-corrected chi connectivity index (χ2v) is 7.92. The van der Waals surface area contributed by atoms with E-state index in [1.54, 1.807) is 17.4 Å². The summed E-state index contributed by atoms with van der Waals surface area (Å²) in [5, 5.41) is 7.41. The summed E-state index contributed by atoms with van der Waals surface area (Å²) < 4.78 is 43.5. The molecule has 1 heterocycles. The van der Waals surface area contributed by atoms with Crippen LogP contribution in [0.25, 0.3) is 0 Å². The molecule has 0 radical (unpaired) electrons. The molecule has 1 fully saturated rings. The van der Waals surface area contributed by atoms with Gasteiger partial charge in [-0.05, 0) is 31.0 Å². The highest BCUT2D eigenvalue weighted by molar-refractivity contribution is 7.14. The number of carbonyl (C=O) groups is 2. The van der Waals surface area contributed by atoms with Gasteiger partial charge in [0.05, 0.1) is 12.2 Å². The molecule has 0 unspecified atom stereocenters. The molecule has 0 aliphatic heterocycles. The molecule has 0 saturated heterocycles. The Morgan fingerprint density at radius 1 is 1.32 bits per heavy atom. The van der Waals surface area contributed by atoms with Gasteiger partial charge in [-0.1, -0.05) is 6.07 Å². The van der Waals surface area contributed by atoms with Crippen molar-refractivity contribution in [1.82, 2.24) is 15.2 Å². The van der Waals surface area contributed by atoms with Crippen LogP contribution in [0.15, 0.2) is 29.6 Å². The fourth-order valence-electron chi connectivity index (χ4n) is 2.91. The predicted octanol–water partition coefficient (Wildman–Crippen LogP) is 3.66. The topological polar surface area (TPSA) is 83.6 Å². The van der Waals surface area contributed by atoms with Crippen LogP contribution in [0.5, 0.6) is 0 Å². The van der Waals surface area contributed by atoms with E-state index in [0.29, 0.717) is 18.3 Å². The molecule has 0 atom stereocenters. The van der Waals surface area contributed by atoms with Crippen LogP contribution in [0, 0.1) is 0 Å². The smallest absolute Gasteiger partial charge is 0.383 e. The minimum atomic E-state index is -4.44. The summed E-state index contributed by atoms with van der Waals surface area (Å²) >= 11 is 1.13. The molecule has 2 amide bonds. The molecule has 7 nitrogen and oxygen atoms in total. The van der Waals surface area contributed by atoms with Crippen LogP contribution in [-0.2, 0) is 15.7 Å². The van der Waals surface area contributed by atoms with Crippen molar-refractivity contribution >= 4 is 34.0 Å². The van der Waals surface area contributed by atoms with Crippen LogP contribution in [0.1, 0.15) is 35.3 Å². The van der Waals surface area contributed by atoms with Gasteiger partial charge >= 0.3 is 6.18 Å². The van der Waals surface area contributed by atoms with Gasteiger partial charge in [-0.3, -0.25) is 9.59 Å². The molecule has 168 valence electrons. The third-order valence-corrected chi connectivity index (χ3v) is 5.38. The Bertz CT molecular complexity index is 915.